The summed E-state index contributed by atoms with van der Waals surface area (Å²) in [6.45, 7) is 2.83. The number of piperazine rings is 1. The first-order chi connectivity index (χ1) is 12.6. The zero-order valence-electron chi connectivity index (χ0n) is 15.5. The van der Waals surface area contributed by atoms with Gasteiger partial charge in [0, 0.05) is 38.9 Å². The molecule has 0 spiro atoms. The molecule has 8 nitrogen and oxygen atoms in total. The van der Waals surface area contributed by atoms with Gasteiger partial charge in [-0.3, -0.25) is 9.59 Å². The third-order valence-corrected chi connectivity index (χ3v) is 4.21. The zero-order valence-corrected chi connectivity index (χ0v) is 15.5. The number of hydrogen-bond acceptors (Lipinski definition) is 6. The monoisotopic (exact) mass is 366 g/mol. The van der Waals surface area contributed by atoms with Gasteiger partial charge in [-0.25, -0.2) is 0 Å². The Morgan fingerprint density at radius 2 is 1.58 bits per heavy atom. The minimum atomic E-state index is -0.0885. The molecule has 0 saturated carbocycles. The van der Waals surface area contributed by atoms with Crippen LogP contribution in [0.2, 0.25) is 0 Å². The van der Waals surface area contributed by atoms with Crippen LogP contribution in [0.4, 0.5) is 0 Å². The highest BCUT2D eigenvalue weighted by molar-refractivity contribution is 5.95. The van der Waals surface area contributed by atoms with E-state index in [0.29, 0.717) is 56.5 Å². The molecule has 1 aliphatic heterocycles. The van der Waals surface area contributed by atoms with Crippen LogP contribution in [0.1, 0.15) is 10.4 Å². The maximum Gasteiger partial charge on any atom is 0.254 e. The molecule has 1 aromatic rings. The Balaban J connectivity index is 1.87. The molecule has 0 unspecified atom stereocenters. The van der Waals surface area contributed by atoms with Crippen molar-refractivity contribution in [2.75, 3.05) is 67.3 Å². The van der Waals surface area contributed by atoms with Crippen LogP contribution in [0.15, 0.2) is 18.2 Å². The molecule has 0 aromatic heterocycles. The van der Waals surface area contributed by atoms with Gasteiger partial charge in [-0.15, -0.1) is 0 Å². The van der Waals surface area contributed by atoms with Crippen LogP contribution in [-0.2, 0) is 14.3 Å². The van der Waals surface area contributed by atoms with Crippen molar-refractivity contribution in [1.82, 2.24) is 9.80 Å². The molecule has 144 valence electrons. The van der Waals surface area contributed by atoms with Gasteiger partial charge in [-0.2, -0.15) is 0 Å². The van der Waals surface area contributed by atoms with Crippen LogP contribution in [0.25, 0.3) is 0 Å². The standard InChI is InChI=1S/C18H26N2O6/c1-23-10-11-26-13-17(21)19-6-8-20(9-7-19)18(22)14-4-5-15(24-2)16(12-14)25-3/h4-5,12H,6-11,13H2,1-3H3. The van der Waals surface area contributed by atoms with Crippen LogP contribution in [0.5, 0.6) is 11.5 Å². The van der Waals surface area contributed by atoms with Gasteiger partial charge >= 0.3 is 0 Å². The lowest BCUT2D eigenvalue weighted by molar-refractivity contribution is -0.138. The fourth-order valence-corrected chi connectivity index (χ4v) is 2.70. The van der Waals surface area contributed by atoms with Gasteiger partial charge in [0.25, 0.3) is 5.91 Å². The Bertz CT molecular complexity index is 614. The second kappa shape index (κ2) is 9.98. The van der Waals surface area contributed by atoms with E-state index in [4.69, 9.17) is 18.9 Å². The molecule has 2 rings (SSSR count). The van der Waals surface area contributed by atoms with Crippen molar-refractivity contribution in [3.63, 3.8) is 0 Å². The highest BCUT2D eigenvalue weighted by atomic mass is 16.5. The van der Waals surface area contributed by atoms with Gasteiger partial charge < -0.3 is 28.7 Å². The van der Waals surface area contributed by atoms with Gasteiger partial charge in [-0.05, 0) is 18.2 Å². The summed E-state index contributed by atoms with van der Waals surface area (Å²) in [4.78, 5) is 28.2. The van der Waals surface area contributed by atoms with E-state index in [1.165, 1.54) is 7.11 Å². The normalized spacial score (nSPS) is 14.3. The van der Waals surface area contributed by atoms with E-state index in [1.54, 1.807) is 42.2 Å². The summed E-state index contributed by atoms with van der Waals surface area (Å²) in [5, 5.41) is 0. The summed E-state index contributed by atoms with van der Waals surface area (Å²) in [6, 6.07) is 5.09. The zero-order chi connectivity index (χ0) is 18.9. The third kappa shape index (κ3) is 5.09. The Morgan fingerprint density at radius 1 is 0.923 bits per heavy atom. The van der Waals surface area contributed by atoms with E-state index in [9.17, 15) is 9.59 Å². The molecule has 1 saturated heterocycles. The van der Waals surface area contributed by atoms with Gasteiger partial charge in [0.15, 0.2) is 11.5 Å². The van der Waals surface area contributed by atoms with Gasteiger partial charge in [-0.1, -0.05) is 0 Å². The van der Waals surface area contributed by atoms with E-state index < -0.39 is 0 Å². The molecule has 26 heavy (non-hydrogen) atoms. The maximum atomic E-state index is 12.7. The van der Waals surface area contributed by atoms with Crippen molar-refractivity contribution in [1.29, 1.82) is 0 Å². The maximum absolute atomic E-state index is 12.7. The average Bonchev–Trinajstić information content (AvgIpc) is 2.70. The molecule has 0 aliphatic carbocycles. The number of methoxy groups -OCH3 is 3. The number of hydrogen-bond donors (Lipinski definition) is 0. The Morgan fingerprint density at radius 3 is 2.19 bits per heavy atom. The van der Waals surface area contributed by atoms with E-state index in [-0.39, 0.29) is 18.4 Å². The Kier molecular flexibility index (Phi) is 7.68. The summed E-state index contributed by atoms with van der Waals surface area (Å²) in [5.74, 6) is 0.932. The topological polar surface area (TPSA) is 77.5 Å². The number of nitrogens with zero attached hydrogens (tertiary/aromatic N) is 2. The van der Waals surface area contributed by atoms with Crippen molar-refractivity contribution in [2.24, 2.45) is 0 Å². The van der Waals surface area contributed by atoms with Crippen LogP contribution < -0.4 is 9.47 Å². The lowest BCUT2D eigenvalue weighted by atomic mass is 10.1. The first kappa shape index (κ1) is 20.0. The third-order valence-electron chi connectivity index (χ3n) is 4.21. The number of rotatable bonds is 8. The van der Waals surface area contributed by atoms with Gasteiger partial charge in [0.1, 0.15) is 6.61 Å². The van der Waals surface area contributed by atoms with E-state index in [1.807, 2.05) is 0 Å². The minimum Gasteiger partial charge on any atom is -0.493 e. The summed E-state index contributed by atoms with van der Waals surface area (Å²) < 4.78 is 20.6. The summed E-state index contributed by atoms with van der Waals surface area (Å²) in [6.07, 6.45) is 0. The lowest BCUT2D eigenvalue weighted by Crippen LogP contribution is -2.51. The van der Waals surface area contributed by atoms with Crippen LogP contribution in [-0.4, -0.2) is 88.9 Å². The van der Waals surface area contributed by atoms with Crippen molar-refractivity contribution >= 4 is 11.8 Å². The Labute approximate surface area is 153 Å². The smallest absolute Gasteiger partial charge is 0.254 e. The first-order valence-corrected chi connectivity index (χ1v) is 8.46. The Hall–Kier alpha value is -2.32. The second-order valence-electron chi connectivity index (χ2n) is 5.79. The highest BCUT2D eigenvalue weighted by Crippen LogP contribution is 2.28. The molecule has 1 heterocycles. The van der Waals surface area contributed by atoms with Gasteiger partial charge in [0.05, 0.1) is 27.4 Å². The summed E-state index contributed by atoms with van der Waals surface area (Å²) in [7, 11) is 4.67. The van der Waals surface area contributed by atoms with E-state index in [2.05, 4.69) is 0 Å². The van der Waals surface area contributed by atoms with Crippen LogP contribution in [0, 0.1) is 0 Å². The van der Waals surface area contributed by atoms with E-state index >= 15 is 0 Å². The first-order valence-electron chi connectivity index (χ1n) is 8.46. The van der Waals surface area contributed by atoms with Crippen molar-refractivity contribution in [3.8, 4) is 11.5 Å². The van der Waals surface area contributed by atoms with Crippen LogP contribution >= 0.6 is 0 Å². The number of ether oxygens (including phenoxy) is 4. The van der Waals surface area contributed by atoms with Crippen molar-refractivity contribution in [3.05, 3.63) is 23.8 Å². The second-order valence-corrected chi connectivity index (χ2v) is 5.79. The molecule has 2 amide bonds. The van der Waals surface area contributed by atoms with E-state index in [0.717, 1.165) is 0 Å². The summed E-state index contributed by atoms with van der Waals surface area (Å²) in [5.41, 5.74) is 0.533. The molecule has 0 N–H and O–H groups in total. The van der Waals surface area contributed by atoms with Crippen LogP contribution in [0.3, 0.4) is 0 Å². The molecule has 1 fully saturated rings. The highest BCUT2D eigenvalue weighted by Gasteiger charge is 2.25. The summed E-state index contributed by atoms with van der Waals surface area (Å²) >= 11 is 0. The van der Waals surface area contributed by atoms with Crippen molar-refractivity contribution < 1.29 is 28.5 Å². The quantitative estimate of drug-likeness (QED) is 0.629. The fraction of sp³-hybridized carbons (Fsp3) is 0.556. The number of benzene rings is 1. The SMILES string of the molecule is COCCOCC(=O)N1CCN(C(=O)c2ccc(OC)c(OC)c2)CC1. The molecule has 8 heteroatoms. The fourth-order valence-electron chi connectivity index (χ4n) is 2.70. The molecular weight excluding hydrogens is 340 g/mol. The molecule has 1 aliphatic rings. The molecule has 1 aromatic carbocycles. The lowest BCUT2D eigenvalue weighted by Gasteiger charge is -2.34. The molecular formula is C18H26N2O6. The van der Waals surface area contributed by atoms with Crippen molar-refractivity contribution in [2.45, 2.75) is 0 Å². The predicted octanol–water partition coefficient (Wildman–Crippen LogP) is 0.651. The largest absolute Gasteiger partial charge is 0.493 e. The van der Waals surface area contributed by atoms with Gasteiger partial charge in [0.2, 0.25) is 5.91 Å². The number of amides is 2. The molecule has 0 radical (unpaired) electrons. The minimum absolute atomic E-state index is 0.0347. The predicted molar refractivity (Wildman–Crippen MR) is 94.7 cm³/mol. The molecule has 0 atom stereocenters. The molecule has 0 bridgehead atoms. The number of carbonyl (C=O) groups excluding carboxylic acids is 2. The number of carbonyl (C=O) groups is 2. The average molecular weight is 366 g/mol.